The fourth-order valence-corrected chi connectivity index (χ4v) is 3.21. The second-order valence-corrected chi connectivity index (χ2v) is 6.28. The van der Waals surface area contributed by atoms with Crippen molar-refractivity contribution >= 4 is 11.7 Å². The largest absolute Gasteiger partial charge is 0.464 e. The number of amides is 1. The highest BCUT2D eigenvalue weighted by Gasteiger charge is 2.27. The van der Waals surface area contributed by atoms with Gasteiger partial charge < -0.3 is 9.73 Å². The molecule has 1 unspecified atom stereocenters. The van der Waals surface area contributed by atoms with E-state index in [1.807, 2.05) is 56.3 Å². The van der Waals surface area contributed by atoms with Gasteiger partial charge in [0.1, 0.15) is 11.5 Å². The summed E-state index contributed by atoms with van der Waals surface area (Å²) in [7, 11) is 0. The molecule has 1 atom stereocenters. The number of hydrogen-bond donors (Lipinski definition) is 1. The van der Waals surface area contributed by atoms with Crippen LogP contribution in [-0.2, 0) is 0 Å². The number of rotatable bonds is 3. The third-order valence-electron chi connectivity index (χ3n) is 4.52. The predicted molar refractivity (Wildman–Crippen MR) is 94.6 cm³/mol. The van der Waals surface area contributed by atoms with Gasteiger partial charge in [-0.25, -0.2) is 0 Å². The van der Waals surface area contributed by atoms with Gasteiger partial charge in [-0.1, -0.05) is 30.3 Å². The van der Waals surface area contributed by atoms with Crippen LogP contribution in [-0.4, -0.2) is 11.7 Å². The van der Waals surface area contributed by atoms with E-state index in [1.54, 1.807) is 12.1 Å². The van der Waals surface area contributed by atoms with Crippen LogP contribution in [0.15, 0.2) is 59.0 Å². The molecule has 4 rings (SSSR count). The van der Waals surface area contributed by atoms with Gasteiger partial charge in [-0.3, -0.25) is 9.59 Å². The number of ketones is 1. The van der Waals surface area contributed by atoms with Crippen molar-refractivity contribution in [3.05, 3.63) is 82.8 Å². The van der Waals surface area contributed by atoms with E-state index in [0.29, 0.717) is 22.5 Å². The molecule has 1 heterocycles. The third-order valence-corrected chi connectivity index (χ3v) is 4.52. The summed E-state index contributed by atoms with van der Waals surface area (Å²) in [4.78, 5) is 25.1. The van der Waals surface area contributed by atoms with E-state index in [2.05, 4.69) is 5.32 Å². The maximum absolute atomic E-state index is 12.6. The summed E-state index contributed by atoms with van der Waals surface area (Å²) in [5.74, 6) is 1.25. The number of carbonyl (C=O) groups is 2. The van der Waals surface area contributed by atoms with Crippen molar-refractivity contribution < 1.29 is 14.0 Å². The van der Waals surface area contributed by atoms with Crippen molar-refractivity contribution in [3.8, 4) is 11.1 Å². The number of nitrogens with one attached hydrogen (secondary N) is 1. The number of furan rings is 1. The van der Waals surface area contributed by atoms with Gasteiger partial charge in [0, 0.05) is 16.7 Å². The molecule has 3 aromatic rings. The lowest BCUT2D eigenvalue weighted by atomic mass is 10.0. The van der Waals surface area contributed by atoms with Crippen LogP contribution in [0.25, 0.3) is 11.1 Å². The van der Waals surface area contributed by atoms with E-state index < -0.39 is 0 Å². The number of hydrogen-bond acceptors (Lipinski definition) is 3. The summed E-state index contributed by atoms with van der Waals surface area (Å²) in [6.45, 7) is 3.73. The quantitative estimate of drug-likeness (QED) is 0.609. The molecule has 1 aromatic heterocycles. The Hall–Kier alpha value is -3.14. The molecule has 0 radical (unpaired) electrons. The minimum atomic E-state index is -0.248. The zero-order valence-corrected chi connectivity index (χ0v) is 14.0. The van der Waals surface area contributed by atoms with Crippen LogP contribution >= 0.6 is 0 Å². The Bertz CT molecular complexity index is 1000. The standard InChI is InChI=1S/C21H17NO3/c1-12-7-10-19(25-12)13(2)22-21(24)14-8-9-16-15-5-3-4-6-17(15)20(23)18(16)11-14/h3-11,13H,1-2H3,(H,22,24). The monoisotopic (exact) mass is 331 g/mol. The minimum absolute atomic E-state index is 0.0324. The highest BCUT2D eigenvalue weighted by molar-refractivity contribution is 6.22. The first-order valence-corrected chi connectivity index (χ1v) is 8.20. The van der Waals surface area contributed by atoms with Gasteiger partial charge in [0.2, 0.25) is 0 Å². The van der Waals surface area contributed by atoms with Crippen molar-refractivity contribution in [1.82, 2.24) is 5.32 Å². The van der Waals surface area contributed by atoms with E-state index in [1.165, 1.54) is 0 Å². The molecule has 4 heteroatoms. The molecule has 2 aromatic carbocycles. The Labute approximate surface area is 145 Å². The van der Waals surface area contributed by atoms with Gasteiger partial charge in [-0.15, -0.1) is 0 Å². The molecule has 1 aliphatic carbocycles. The molecule has 124 valence electrons. The predicted octanol–water partition coefficient (Wildman–Crippen LogP) is 4.29. The van der Waals surface area contributed by atoms with Gasteiger partial charge in [0.05, 0.1) is 6.04 Å². The molecule has 0 spiro atoms. The molecule has 0 saturated carbocycles. The second-order valence-electron chi connectivity index (χ2n) is 6.28. The highest BCUT2D eigenvalue weighted by atomic mass is 16.3. The number of carbonyl (C=O) groups excluding carboxylic acids is 2. The van der Waals surface area contributed by atoms with E-state index >= 15 is 0 Å². The van der Waals surface area contributed by atoms with Crippen LogP contribution in [0.5, 0.6) is 0 Å². The van der Waals surface area contributed by atoms with E-state index in [0.717, 1.165) is 16.9 Å². The first-order valence-electron chi connectivity index (χ1n) is 8.20. The van der Waals surface area contributed by atoms with Crippen molar-refractivity contribution in [3.63, 3.8) is 0 Å². The van der Waals surface area contributed by atoms with Crippen LogP contribution < -0.4 is 5.32 Å². The molecule has 0 bridgehead atoms. The molecule has 0 aliphatic heterocycles. The summed E-state index contributed by atoms with van der Waals surface area (Å²) < 4.78 is 5.55. The lowest BCUT2D eigenvalue weighted by Crippen LogP contribution is -2.26. The summed E-state index contributed by atoms with van der Waals surface area (Å²) in [6.07, 6.45) is 0. The van der Waals surface area contributed by atoms with Crippen LogP contribution in [0, 0.1) is 6.92 Å². The highest BCUT2D eigenvalue weighted by Crippen LogP contribution is 2.36. The molecule has 1 aliphatic rings. The number of benzene rings is 2. The first kappa shape index (κ1) is 15.4. The molecular formula is C21H17NO3. The smallest absolute Gasteiger partial charge is 0.251 e. The van der Waals surface area contributed by atoms with Gasteiger partial charge in [-0.2, -0.15) is 0 Å². The molecule has 0 saturated heterocycles. The molecule has 0 fully saturated rings. The normalized spacial score (nSPS) is 13.3. The maximum atomic E-state index is 12.6. The molecule has 25 heavy (non-hydrogen) atoms. The summed E-state index contributed by atoms with van der Waals surface area (Å²) >= 11 is 0. The van der Waals surface area contributed by atoms with Crippen LogP contribution in [0.3, 0.4) is 0 Å². The van der Waals surface area contributed by atoms with Crippen molar-refractivity contribution in [2.24, 2.45) is 0 Å². The summed E-state index contributed by atoms with van der Waals surface area (Å²) in [6, 6.07) is 16.2. The van der Waals surface area contributed by atoms with E-state index in [9.17, 15) is 9.59 Å². The molecular weight excluding hydrogens is 314 g/mol. The maximum Gasteiger partial charge on any atom is 0.251 e. The number of aryl methyl sites for hydroxylation is 1. The zero-order valence-electron chi connectivity index (χ0n) is 14.0. The van der Waals surface area contributed by atoms with Crippen LogP contribution in [0.4, 0.5) is 0 Å². The Morgan fingerprint density at radius 3 is 2.40 bits per heavy atom. The number of fused-ring (bicyclic) bond motifs is 3. The lowest BCUT2D eigenvalue weighted by Gasteiger charge is -2.12. The van der Waals surface area contributed by atoms with Crippen molar-refractivity contribution in [2.75, 3.05) is 0 Å². The van der Waals surface area contributed by atoms with Gasteiger partial charge in [0.25, 0.3) is 5.91 Å². The summed E-state index contributed by atoms with van der Waals surface area (Å²) in [5.41, 5.74) is 3.54. The molecule has 1 N–H and O–H groups in total. The van der Waals surface area contributed by atoms with Gasteiger partial charge >= 0.3 is 0 Å². The van der Waals surface area contributed by atoms with E-state index in [-0.39, 0.29) is 17.7 Å². The topological polar surface area (TPSA) is 59.3 Å². The van der Waals surface area contributed by atoms with Gasteiger partial charge in [-0.05, 0) is 49.2 Å². The minimum Gasteiger partial charge on any atom is -0.464 e. The van der Waals surface area contributed by atoms with Crippen molar-refractivity contribution in [2.45, 2.75) is 19.9 Å². The zero-order chi connectivity index (χ0) is 17.6. The fourth-order valence-electron chi connectivity index (χ4n) is 3.21. The molecule has 4 nitrogen and oxygen atoms in total. The summed E-state index contributed by atoms with van der Waals surface area (Å²) in [5, 5.41) is 2.91. The Morgan fingerprint density at radius 1 is 0.960 bits per heavy atom. The SMILES string of the molecule is Cc1ccc(C(C)NC(=O)c2ccc3c(c2)C(=O)c2ccccc2-3)o1. The fraction of sp³-hybridized carbons (Fsp3) is 0.143. The van der Waals surface area contributed by atoms with E-state index in [4.69, 9.17) is 4.42 Å². The Kier molecular flexibility index (Phi) is 3.53. The van der Waals surface area contributed by atoms with Crippen LogP contribution in [0.1, 0.15) is 50.8 Å². The average Bonchev–Trinajstić information content (AvgIpc) is 3.18. The second kappa shape index (κ2) is 5.74. The first-order chi connectivity index (χ1) is 12.0. The lowest BCUT2D eigenvalue weighted by molar-refractivity contribution is 0.0935. The van der Waals surface area contributed by atoms with Gasteiger partial charge in [0.15, 0.2) is 5.78 Å². The molecule has 1 amide bonds. The Balaban J connectivity index is 1.61. The Morgan fingerprint density at radius 2 is 1.68 bits per heavy atom. The average molecular weight is 331 g/mol. The van der Waals surface area contributed by atoms with Crippen molar-refractivity contribution in [1.29, 1.82) is 0 Å². The third kappa shape index (κ3) is 2.56. The van der Waals surface area contributed by atoms with Crippen LogP contribution in [0.2, 0.25) is 0 Å².